The predicted octanol–water partition coefficient (Wildman–Crippen LogP) is 2.82. The van der Waals surface area contributed by atoms with Crippen molar-refractivity contribution in [3.05, 3.63) is 41.2 Å². The van der Waals surface area contributed by atoms with Crippen LogP contribution in [0.4, 0.5) is 0 Å². The SMILES string of the molecule is CCNC(=NCC(c1ccco1)N1CCCC1)NCCc1c(C)noc1C. The van der Waals surface area contributed by atoms with Crippen LogP contribution in [0.25, 0.3) is 0 Å². The smallest absolute Gasteiger partial charge is 0.191 e. The van der Waals surface area contributed by atoms with Crippen LogP contribution in [0.3, 0.4) is 0 Å². The summed E-state index contributed by atoms with van der Waals surface area (Å²) in [5, 5.41) is 10.8. The lowest BCUT2D eigenvalue weighted by Gasteiger charge is -2.24. The number of likely N-dealkylation sites (tertiary alicyclic amines) is 1. The Balaban J connectivity index is 1.61. The van der Waals surface area contributed by atoms with E-state index >= 15 is 0 Å². The number of aromatic nitrogens is 1. The van der Waals surface area contributed by atoms with Gasteiger partial charge in [0.1, 0.15) is 11.5 Å². The van der Waals surface area contributed by atoms with Crippen LogP contribution in [0.1, 0.15) is 48.6 Å². The third-order valence-corrected chi connectivity index (χ3v) is 5.07. The first-order valence-electron chi connectivity index (χ1n) is 9.90. The highest BCUT2D eigenvalue weighted by atomic mass is 16.5. The highest BCUT2D eigenvalue weighted by Gasteiger charge is 2.25. The third kappa shape index (κ3) is 5.13. The lowest BCUT2D eigenvalue weighted by atomic mass is 10.1. The second kappa shape index (κ2) is 9.60. The van der Waals surface area contributed by atoms with E-state index in [1.807, 2.05) is 19.9 Å². The number of guanidine groups is 1. The summed E-state index contributed by atoms with van der Waals surface area (Å²) in [5.74, 6) is 2.72. The molecule has 1 aliphatic rings. The van der Waals surface area contributed by atoms with E-state index in [1.54, 1.807) is 6.26 Å². The van der Waals surface area contributed by atoms with Gasteiger partial charge in [-0.15, -0.1) is 0 Å². The van der Waals surface area contributed by atoms with Crippen molar-refractivity contribution < 1.29 is 8.94 Å². The summed E-state index contributed by atoms with van der Waals surface area (Å²) in [5.41, 5.74) is 2.13. The van der Waals surface area contributed by atoms with E-state index in [2.05, 4.69) is 33.7 Å². The molecule has 2 aromatic heterocycles. The first kappa shape index (κ1) is 19.5. The van der Waals surface area contributed by atoms with Crippen molar-refractivity contribution in [1.29, 1.82) is 0 Å². The van der Waals surface area contributed by atoms with E-state index in [1.165, 1.54) is 18.4 Å². The summed E-state index contributed by atoms with van der Waals surface area (Å²) in [4.78, 5) is 7.30. The van der Waals surface area contributed by atoms with Gasteiger partial charge in [-0.1, -0.05) is 5.16 Å². The third-order valence-electron chi connectivity index (χ3n) is 5.07. The monoisotopic (exact) mass is 373 g/mol. The average molecular weight is 374 g/mol. The van der Waals surface area contributed by atoms with Gasteiger partial charge in [-0.3, -0.25) is 9.89 Å². The van der Waals surface area contributed by atoms with Crippen molar-refractivity contribution in [3.63, 3.8) is 0 Å². The molecule has 0 aromatic carbocycles. The standard InChI is InChI=1S/C20H31N5O2/c1-4-21-20(22-10-9-17-15(2)24-27-16(17)3)23-14-18(19-8-7-13-26-19)25-11-5-6-12-25/h7-8,13,18H,4-6,9-12,14H2,1-3H3,(H2,21,22,23). The summed E-state index contributed by atoms with van der Waals surface area (Å²) in [6.45, 7) is 10.5. The zero-order chi connectivity index (χ0) is 19.1. The Morgan fingerprint density at radius 2 is 2.11 bits per heavy atom. The topological polar surface area (TPSA) is 78.8 Å². The molecule has 1 unspecified atom stereocenters. The quantitative estimate of drug-likeness (QED) is 0.547. The van der Waals surface area contributed by atoms with Crippen LogP contribution >= 0.6 is 0 Å². The molecule has 0 amide bonds. The number of hydrogen-bond acceptors (Lipinski definition) is 5. The van der Waals surface area contributed by atoms with E-state index < -0.39 is 0 Å². The average Bonchev–Trinajstić information content (AvgIpc) is 3.41. The van der Waals surface area contributed by atoms with Gasteiger partial charge in [-0.25, -0.2) is 0 Å². The fourth-order valence-corrected chi connectivity index (χ4v) is 3.60. The first-order chi connectivity index (χ1) is 13.2. The highest BCUT2D eigenvalue weighted by molar-refractivity contribution is 5.79. The van der Waals surface area contributed by atoms with Crippen LogP contribution in [-0.2, 0) is 6.42 Å². The van der Waals surface area contributed by atoms with Gasteiger partial charge in [0.05, 0.1) is 24.5 Å². The van der Waals surface area contributed by atoms with Crippen LogP contribution < -0.4 is 10.6 Å². The largest absolute Gasteiger partial charge is 0.468 e. The Kier molecular flexibility index (Phi) is 6.92. The summed E-state index contributed by atoms with van der Waals surface area (Å²) in [7, 11) is 0. The Bertz CT molecular complexity index is 697. The Hall–Kier alpha value is -2.28. The summed E-state index contributed by atoms with van der Waals surface area (Å²) in [6.07, 6.45) is 5.10. The van der Waals surface area contributed by atoms with Gasteiger partial charge in [0.2, 0.25) is 0 Å². The second-order valence-electron chi connectivity index (χ2n) is 6.97. The van der Waals surface area contributed by atoms with Crippen molar-refractivity contribution in [2.24, 2.45) is 4.99 Å². The molecule has 2 aromatic rings. The lowest BCUT2D eigenvalue weighted by Crippen LogP contribution is -2.39. The summed E-state index contributed by atoms with van der Waals surface area (Å²) < 4.78 is 10.9. The van der Waals surface area contributed by atoms with Crippen LogP contribution in [-0.4, -0.2) is 48.7 Å². The van der Waals surface area contributed by atoms with Gasteiger partial charge < -0.3 is 19.6 Å². The molecule has 7 nitrogen and oxygen atoms in total. The lowest BCUT2D eigenvalue weighted by molar-refractivity contribution is 0.221. The van der Waals surface area contributed by atoms with E-state index in [-0.39, 0.29) is 6.04 Å². The van der Waals surface area contributed by atoms with Gasteiger partial charge in [-0.05, 0) is 65.3 Å². The number of aliphatic imine (C=N–C) groups is 1. The number of rotatable bonds is 8. The van der Waals surface area contributed by atoms with Gasteiger partial charge in [0.15, 0.2) is 5.96 Å². The molecule has 1 fully saturated rings. The number of hydrogen-bond donors (Lipinski definition) is 2. The molecule has 148 valence electrons. The Morgan fingerprint density at radius 3 is 2.74 bits per heavy atom. The minimum absolute atomic E-state index is 0.195. The minimum atomic E-state index is 0.195. The molecule has 7 heteroatoms. The number of furan rings is 1. The van der Waals surface area contributed by atoms with E-state index in [0.29, 0.717) is 6.54 Å². The molecule has 0 bridgehead atoms. The maximum Gasteiger partial charge on any atom is 0.191 e. The summed E-state index contributed by atoms with van der Waals surface area (Å²) >= 11 is 0. The maximum atomic E-state index is 5.69. The number of nitrogens with zero attached hydrogens (tertiary/aromatic N) is 3. The molecule has 3 rings (SSSR count). The molecular formula is C20H31N5O2. The molecule has 3 heterocycles. The van der Waals surface area contributed by atoms with Gasteiger partial charge in [0, 0.05) is 18.7 Å². The molecule has 27 heavy (non-hydrogen) atoms. The molecule has 0 spiro atoms. The second-order valence-corrected chi connectivity index (χ2v) is 6.97. The van der Waals surface area contributed by atoms with Crippen molar-refractivity contribution in [3.8, 4) is 0 Å². The molecular weight excluding hydrogens is 342 g/mol. The van der Waals surface area contributed by atoms with E-state index in [0.717, 1.165) is 55.8 Å². The van der Waals surface area contributed by atoms with Crippen LogP contribution in [0.15, 0.2) is 32.3 Å². The van der Waals surface area contributed by atoms with Crippen LogP contribution in [0, 0.1) is 13.8 Å². The minimum Gasteiger partial charge on any atom is -0.468 e. The molecule has 1 atom stereocenters. The number of aryl methyl sites for hydroxylation is 2. The Labute approximate surface area is 161 Å². The normalized spacial score (nSPS) is 16.6. The molecule has 1 aliphatic heterocycles. The van der Waals surface area contributed by atoms with Crippen molar-refractivity contribution in [2.75, 3.05) is 32.7 Å². The van der Waals surface area contributed by atoms with E-state index in [9.17, 15) is 0 Å². The van der Waals surface area contributed by atoms with Gasteiger partial charge in [0.25, 0.3) is 0 Å². The van der Waals surface area contributed by atoms with Gasteiger partial charge in [-0.2, -0.15) is 0 Å². The molecule has 0 saturated carbocycles. The van der Waals surface area contributed by atoms with Crippen molar-refractivity contribution in [2.45, 2.75) is 46.1 Å². The Morgan fingerprint density at radius 1 is 1.30 bits per heavy atom. The molecule has 0 radical (unpaired) electrons. The predicted molar refractivity (Wildman–Crippen MR) is 106 cm³/mol. The molecule has 2 N–H and O–H groups in total. The fraction of sp³-hybridized carbons (Fsp3) is 0.600. The highest BCUT2D eigenvalue weighted by Crippen LogP contribution is 2.25. The zero-order valence-corrected chi connectivity index (χ0v) is 16.6. The van der Waals surface area contributed by atoms with Crippen LogP contribution in [0.2, 0.25) is 0 Å². The van der Waals surface area contributed by atoms with Crippen molar-refractivity contribution in [1.82, 2.24) is 20.7 Å². The first-order valence-corrected chi connectivity index (χ1v) is 9.90. The zero-order valence-electron chi connectivity index (χ0n) is 16.6. The maximum absolute atomic E-state index is 5.69. The fourth-order valence-electron chi connectivity index (χ4n) is 3.60. The molecule has 1 saturated heterocycles. The van der Waals surface area contributed by atoms with Gasteiger partial charge >= 0.3 is 0 Å². The van der Waals surface area contributed by atoms with E-state index in [4.69, 9.17) is 13.9 Å². The summed E-state index contributed by atoms with van der Waals surface area (Å²) in [6, 6.07) is 4.20. The van der Waals surface area contributed by atoms with Crippen LogP contribution in [0.5, 0.6) is 0 Å². The van der Waals surface area contributed by atoms with Crippen molar-refractivity contribution >= 4 is 5.96 Å². The number of nitrogens with one attached hydrogen (secondary N) is 2. The molecule has 0 aliphatic carbocycles.